The van der Waals surface area contributed by atoms with Gasteiger partial charge in [-0.25, -0.2) is 9.18 Å². The van der Waals surface area contributed by atoms with Gasteiger partial charge in [-0.3, -0.25) is 4.79 Å². The van der Waals surface area contributed by atoms with Crippen LogP contribution in [0.15, 0.2) is 84.9 Å². The van der Waals surface area contributed by atoms with Crippen LogP contribution in [0, 0.1) is 5.82 Å². The predicted octanol–water partition coefficient (Wildman–Crippen LogP) is 3.94. The summed E-state index contributed by atoms with van der Waals surface area (Å²) in [6, 6.07) is 23.1. The molecule has 3 aromatic rings. The molecular formula is C24H22FNO3. The van der Waals surface area contributed by atoms with Crippen LogP contribution >= 0.6 is 0 Å². The van der Waals surface area contributed by atoms with Gasteiger partial charge in [0.05, 0.1) is 5.41 Å². The molecule has 0 unspecified atom stereocenters. The Bertz CT molecular complexity index is 950. The number of carbonyl (C=O) groups excluding carboxylic acids is 1. The maximum atomic E-state index is 14.0. The number of aliphatic carboxylic acids is 1. The van der Waals surface area contributed by atoms with Gasteiger partial charge in [-0.2, -0.15) is 0 Å². The molecule has 1 atom stereocenters. The molecule has 0 aromatic heterocycles. The highest BCUT2D eigenvalue weighted by molar-refractivity contribution is 5.94. The van der Waals surface area contributed by atoms with Crippen molar-refractivity contribution >= 4 is 11.9 Å². The topological polar surface area (TPSA) is 66.4 Å². The molecule has 0 radical (unpaired) electrons. The number of nitrogens with one attached hydrogen (secondary N) is 1. The van der Waals surface area contributed by atoms with Crippen molar-refractivity contribution in [3.05, 3.63) is 107 Å². The molecule has 0 aliphatic carbocycles. The summed E-state index contributed by atoms with van der Waals surface area (Å²) >= 11 is 0. The SMILES string of the molecule is CC(C(=O)N[C@H](Cc1ccccc1F)C(=O)O)(c1ccccc1)c1ccccc1. The molecule has 148 valence electrons. The van der Waals surface area contributed by atoms with E-state index in [0.29, 0.717) is 0 Å². The third-order valence-electron chi connectivity index (χ3n) is 5.14. The third-order valence-corrected chi connectivity index (χ3v) is 5.14. The first-order valence-electron chi connectivity index (χ1n) is 9.31. The van der Waals surface area contributed by atoms with Crippen molar-refractivity contribution in [2.75, 3.05) is 0 Å². The van der Waals surface area contributed by atoms with Gasteiger partial charge >= 0.3 is 5.97 Å². The van der Waals surface area contributed by atoms with Crippen molar-refractivity contribution in [1.82, 2.24) is 5.32 Å². The number of rotatable bonds is 7. The molecule has 0 saturated heterocycles. The summed E-state index contributed by atoms with van der Waals surface area (Å²) in [7, 11) is 0. The molecule has 0 bridgehead atoms. The van der Waals surface area contributed by atoms with Crippen molar-refractivity contribution in [2.45, 2.75) is 24.8 Å². The highest BCUT2D eigenvalue weighted by Gasteiger charge is 2.39. The van der Waals surface area contributed by atoms with E-state index >= 15 is 0 Å². The first kappa shape index (κ1) is 20.3. The average molecular weight is 391 g/mol. The lowest BCUT2D eigenvalue weighted by atomic mass is 9.75. The number of carbonyl (C=O) groups is 2. The van der Waals surface area contributed by atoms with E-state index in [9.17, 15) is 19.1 Å². The Balaban J connectivity index is 1.95. The Labute approximate surface area is 169 Å². The summed E-state index contributed by atoms with van der Waals surface area (Å²) in [5, 5.41) is 12.3. The zero-order chi connectivity index (χ0) is 20.9. The highest BCUT2D eigenvalue weighted by atomic mass is 19.1. The number of carboxylic acids is 1. The second kappa shape index (κ2) is 8.69. The molecule has 0 fully saturated rings. The van der Waals surface area contributed by atoms with E-state index in [-0.39, 0.29) is 12.0 Å². The van der Waals surface area contributed by atoms with Gasteiger partial charge in [0, 0.05) is 6.42 Å². The first-order chi connectivity index (χ1) is 13.9. The van der Waals surface area contributed by atoms with Crippen LogP contribution in [0.1, 0.15) is 23.6 Å². The Kier molecular flexibility index (Phi) is 6.07. The molecule has 1 amide bonds. The van der Waals surface area contributed by atoms with Crippen molar-refractivity contribution in [2.24, 2.45) is 0 Å². The van der Waals surface area contributed by atoms with Crippen LogP contribution < -0.4 is 5.32 Å². The Morgan fingerprint density at radius 3 is 1.86 bits per heavy atom. The minimum Gasteiger partial charge on any atom is -0.480 e. The Morgan fingerprint density at radius 1 is 0.897 bits per heavy atom. The van der Waals surface area contributed by atoms with E-state index in [4.69, 9.17) is 0 Å². The second-order valence-electron chi connectivity index (χ2n) is 7.02. The van der Waals surface area contributed by atoms with Crippen molar-refractivity contribution in [3.63, 3.8) is 0 Å². The molecule has 0 saturated carbocycles. The predicted molar refractivity (Wildman–Crippen MR) is 109 cm³/mol. The van der Waals surface area contributed by atoms with Crippen LogP contribution in [0.3, 0.4) is 0 Å². The zero-order valence-corrected chi connectivity index (χ0v) is 16.0. The lowest BCUT2D eigenvalue weighted by molar-refractivity contribution is -0.142. The summed E-state index contributed by atoms with van der Waals surface area (Å²) in [4.78, 5) is 25.2. The number of hydrogen-bond acceptors (Lipinski definition) is 2. The Morgan fingerprint density at radius 2 is 1.38 bits per heavy atom. The summed E-state index contributed by atoms with van der Waals surface area (Å²) in [5.74, 6) is -2.18. The van der Waals surface area contributed by atoms with Gasteiger partial charge in [-0.15, -0.1) is 0 Å². The molecular weight excluding hydrogens is 369 g/mol. The van der Waals surface area contributed by atoms with E-state index in [1.54, 1.807) is 13.0 Å². The molecule has 3 rings (SSSR count). The zero-order valence-electron chi connectivity index (χ0n) is 16.0. The summed E-state index contributed by atoms with van der Waals surface area (Å²) in [6.07, 6.45) is -0.145. The molecule has 29 heavy (non-hydrogen) atoms. The highest BCUT2D eigenvalue weighted by Crippen LogP contribution is 2.32. The van der Waals surface area contributed by atoms with Gasteiger partial charge in [0.15, 0.2) is 0 Å². The minimum absolute atomic E-state index is 0.145. The minimum atomic E-state index is -1.26. The third kappa shape index (κ3) is 4.35. The number of amides is 1. The normalized spacial score (nSPS) is 12.2. The first-order valence-corrected chi connectivity index (χ1v) is 9.31. The van der Waals surface area contributed by atoms with Gasteiger partial charge in [-0.05, 0) is 29.7 Å². The van der Waals surface area contributed by atoms with E-state index in [2.05, 4.69) is 5.32 Å². The summed E-state index contributed by atoms with van der Waals surface area (Å²) in [5.41, 5.74) is 0.602. The monoisotopic (exact) mass is 391 g/mol. The number of hydrogen-bond donors (Lipinski definition) is 2. The second-order valence-corrected chi connectivity index (χ2v) is 7.02. The van der Waals surface area contributed by atoms with E-state index in [1.807, 2.05) is 60.7 Å². The summed E-state index contributed by atoms with van der Waals surface area (Å²) < 4.78 is 14.0. The van der Waals surface area contributed by atoms with Gasteiger partial charge in [0.25, 0.3) is 0 Å². The van der Waals surface area contributed by atoms with Gasteiger partial charge in [-0.1, -0.05) is 78.9 Å². The van der Waals surface area contributed by atoms with Crippen LogP contribution in [0.4, 0.5) is 4.39 Å². The Hall–Kier alpha value is -3.47. The maximum Gasteiger partial charge on any atom is 0.326 e. The fourth-order valence-electron chi connectivity index (χ4n) is 3.36. The van der Waals surface area contributed by atoms with Crippen LogP contribution in [-0.2, 0) is 21.4 Å². The van der Waals surface area contributed by atoms with Crippen LogP contribution in [0.2, 0.25) is 0 Å². The fourth-order valence-corrected chi connectivity index (χ4v) is 3.36. The van der Waals surface area contributed by atoms with Crippen LogP contribution in [0.25, 0.3) is 0 Å². The lowest BCUT2D eigenvalue weighted by Gasteiger charge is -2.31. The number of halogens is 1. The number of benzene rings is 3. The molecule has 0 aliphatic rings. The van der Waals surface area contributed by atoms with Gasteiger partial charge < -0.3 is 10.4 Å². The maximum absolute atomic E-state index is 14.0. The van der Waals surface area contributed by atoms with Gasteiger partial charge in [0.1, 0.15) is 11.9 Å². The molecule has 0 aliphatic heterocycles. The van der Waals surface area contributed by atoms with E-state index in [0.717, 1.165) is 11.1 Å². The van der Waals surface area contributed by atoms with Crippen molar-refractivity contribution < 1.29 is 19.1 Å². The van der Waals surface area contributed by atoms with Crippen LogP contribution in [-0.4, -0.2) is 23.0 Å². The lowest BCUT2D eigenvalue weighted by Crippen LogP contribution is -2.50. The molecule has 2 N–H and O–H groups in total. The standard InChI is InChI=1S/C24H22FNO3/c1-24(18-11-4-2-5-12-18,19-13-6-3-7-14-19)23(29)26-21(22(27)28)16-17-10-8-9-15-20(17)25/h2-15,21H,16H2,1H3,(H,26,29)(H,27,28)/t21-/m1/s1. The van der Waals surface area contributed by atoms with Crippen molar-refractivity contribution in [3.8, 4) is 0 Å². The van der Waals surface area contributed by atoms with E-state index in [1.165, 1.54) is 18.2 Å². The van der Waals surface area contributed by atoms with Gasteiger partial charge in [0.2, 0.25) is 5.91 Å². The average Bonchev–Trinajstić information content (AvgIpc) is 2.75. The van der Waals surface area contributed by atoms with E-state index < -0.39 is 29.2 Å². The largest absolute Gasteiger partial charge is 0.480 e. The smallest absolute Gasteiger partial charge is 0.326 e. The fraction of sp³-hybridized carbons (Fsp3) is 0.167. The number of carboxylic acid groups (broad SMARTS) is 1. The van der Waals surface area contributed by atoms with Crippen molar-refractivity contribution in [1.29, 1.82) is 0 Å². The van der Waals surface area contributed by atoms with Crippen LogP contribution in [0.5, 0.6) is 0 Å². The molecule has 3 aromatic carbocycles. The summed E-state index contributed by atoms with van der Waals surface area (Å²) in [6.45, 7) is 1.76. The molecule has 5 heteroatoms. The molecule has 0 heterocycles. The quantitative estimate of drug-likeness (QED) is 0.641. The molecule has 4 nitrogen and oxygen atoms in total. The molecule has 0 spiro atoms.